The van der Waals surface area contributed by atoms with Crippen molar-refractivity contribution in [2.24, 2.45) is 0 Å². The monoisotopic (exact) mass is 409 g/mol. The molecule has 0 spiro atoms. The molecule has 0 unspecified atom stereocenters. The van der Waals surface area contributed by atoms with Gasteiger partial charge in [-0.2, -0.15) is 8.78 Å². The maximum Gasteiger partial charge on any atom is 0.387 e. The number of benzene rings is 2. The minimum Gasteiger partial charge on any atom is -0.493 e. The first-order valence-corrected chi connectivity index (χ1v) is 9.16. The van der Waals surface area contributed by atoms with Crippen LogP contribution in [0.3, 0.4) is 0 Å². The minimum atomic E-state index is -2.95. The SMILES string of the molecule is CCOc1ccc(C(=O)N(C)Cc2ccc(OC(F)F)c(OC)c2)cc1OCC. The summed E-state index contributed by atoms with van der Waals surface area (Å²) in [5, 5.41) is 0. The van der Waals surface area contributed by atoms with Gasteiger partial charge < -0.3 is 23.8 Å². The number of ether oxygens (including phenoxy) is 4. The molecule has 0 saturated heterocycles. The summed E-state index contributed by atoms with van der Waals surface area (Å²) in [7, 11) is 3.01. The van der Waals surface area contributed by atoms with E-state index in [0.29, 0.717) is 35.8 Å². The second-order valence-electron chi connectivity index (χ2n) is 6.05. The van der Waals surface area contributed by atoms with Gasteiger partial charge in [-0.25, -0.2) is 0 Å². The molecular weight excluding hydrogens is 384 g/mol. The fourth-order valence-electron chi connectivity index (χ4n) is 2.75. The summed E-state index contributed by atoms with van der Waals surface area (Å²) >= 11 is 0. The lowest BCUT2D eigenvalue weighted by Gasteiger charge is -2.19. The maximum atomic E-state index is 12.8. The molecule has 2 rings (SSSR count). The molecule has 158 valence electrons. The van der Waals surface area contributed by atoms with Gasteiger partial charge in [-0.05, 0) is 49.7 Å². The number of hydrogen-bond donors (Lipinski definition) is 0. The molecule has 29 heavy (non-hydrogen) atoms. The van der Waals surface area contributed by atoms with Crippen LogP contribution in [0.4, 0.5) is 8.78 Å². The van der Waals surface area contributed by atoms with Crippen molar-refractivity contribution in [1.82, 2.24) is 4.90 Å². The fourth-order valence-corrected chi connectivity index (χ4v) is 2.75. The smallest absolute Gasteiger partial charge is 0.387 e. The third-order valence-electron chi connectivity index (χ3n) is 4.00. The van der Waals surface area contributed by atoms with Crippen molar-refractivity contribution in [1.29, 1.82) is 0 Å². The number of carbonyl (C=O) groups is 1. The number of amides is 1. The lowest BCUT2D eigenvalue weighted by atomic mass is 10.1. The largest absolute Gasteiger partial charge is 0.493 e. The van der Waals surface area contributed by atoms with Crippen molar-refractivity contribution >= 4 is 5.91 Å². The van der Waals surface area contributed by atoms with E-state index in [1.54, 1.807) is 37.4 Å². The first-order chi connectivity index (χ1) is 13.9. The molecule has 0 bridgehead atoms. The summed E-state index contributed by atoms with van der Waals surface area (Å²) in [5.74, 6) is 0.967. The van der Waals surface area contributed by atoms with Crippen molar-refractivity contribution in [3.63, 3.8) is 0 Å². The number of rotatable bonds is 10. The van der Waals surface area contributed by atoms with Gasteiger partial charge in [-0.1, -0.05) is 6.07 Å². The van der Waals surface area contributed by atoms with E-state index >= 15 is 0 Å². The lowest BCUT2D eigenvalue weighted by Crippen LogP contribution is -2.26. The van der Waals surface area contributed by atoms with E-state index in [1.165, 1.54) is 18.1 Å². The Kier molecular flexibility index (Phi) is 8.06. The second kappa shape index (κ2) is 10.5. The molecule has 0 saturated carbocycles. The van der Waals surface area contributed by atoms with Crippen LogP contribution < -0.4 is 18.9 Å². The van der Waals surface area contributed by atoms with Crippen LogP contribution in [0.2, 0.25) is 0 Å². The van der Waals surface area contributed by atoms with Crippen LogP contribution in [0, 0.1) is 0 Å². The van der Waals surface area contributed by atoms with Gasteiger partial charge in [0, 0.05) is 19.2 Å². The summed E-state index contributed by atoms with van der Waals surface area (Å²) in [6.45, 7) is 1.96. The first kappa shape index (κ1) is 22.3. The predicted molar refractivity (Wildman–Crippen MR) is 104 cm³/mol. The fraction of sp³-hybridized carbons (Fsp3) is 0.381. The zero-order valence-electron chi connectivity index (χ0n) is 16.9. The normalized spacial score (nSPS) is 10.6. The van der Waals surface area contributed by atoms with Crippen molar-refractivity contribution in [2.75, 3.05) is 27.4 Å². The van der Waals surface area contributed by atoms with Crippen LogP contribution in [0.15, 0.2) is 36.4 Å². The minimum absolute atomic E-state index is 0.0619. The van der Waals surface area contributed by atoms with Crippen LogP contribution >= 0.6 is 0 Å². The molecule has 0 fully saturated rings. The Morgan fingerprint density at radius 3 is 2.24 bits per heavy atom. The summed E-state index contributed by atoms with van der Waals surface area (Å²) in [6.07, 6.45) is 0. The highest BCUT2D eigenvalue weighted by Gasteiger charge is 2.17. The Morgan fingerprint density at radius 1 is 0.966 bits per heavy atom. The van der Waals surface area contributed by atoms with Gasteiger partial charge in [0.2, 0.25) is 0 Å². The molecule has 2 aromatic carbocycles. The number of methoxy groups -OCH3 is 1. The number of nitrogens with zero attached hydrogens (tertiary/aromatic N) is 1. The molecule has 0 aromatic heterocycles. The third-order valence-corrected chi connectivity index (χ3v) is 4.00. The highest BCUT2D eigenvalue weighted by molar-refractivity contribution is 5.94. The van der Waals surface area contributed by atoms with E-state index in [0.717, 1.165) is 0 Å². The summed E-state index contributed by atoms with van der Waals surface area (Å²) in [6, 6.07) is 9.58. The summed E-state index contributed by atoms with van der Waals surface area (Å²) in [5.41, 5.74) is 1.15. The van der Waals surface area contributed by atoms with Crippen molar-refractivity contribution < 1.29 is 32.5 Å². The number of hydrogen-bond acceptors (Lipinski definition) is 5. The van der Waals surface area contributed by atoms with Crippen LogP contribution in [0.1, 0.15) is 29.8 Å². The highest BCUT2D eigenvalue weighted by Crippen LogP contribution is 2.31. The third kappa shape index (κ3) is 5.97. The summed E-state index contributed by atoms with van der Waals surface area (Å²) < 4.78 is 45.5. The average molecular weight is 409 g/mol. The summed E-state index contributed by atoms with van der Waals surface area (Å²) in [4.78, 5) is 14.3. The van der Waals surface area contributed by atoms with Gasteiger partial charge in [0.05, 0.1) is 20.3 Å². The highest BCUT2D eigenvalue weighted by atomic mass is 19.3. The van der Waals surface area contributed by atoms with Crippen molar-refractivity contribution in [3.05, 3.63) is 47.5 Å². The van der Waals surface area contributed by atoms with Gasteiger partial charge in [0.15, 0.2) is 23.0 Å². The Bertz CT molecular complexity index is 829. The Morgan fingerprint density at radius 2 is 1.62 bits per heavy atom. The zero-order chi connectivity index (χ0) is 21.4. The van der Waals surface area contributed by atoms with E-state index in [-0.39, 0.29) is 24.0 Å². The van der Waals surface area contributed by atoms with E-state index in [2.05, 4.69) is 4.74 Å². The number of alkyl halides is 2. The van der Waals surface area contributed by atoms with Crippen molar-refractivity contribution in [2.45, 2.75) is 27.0 Å². The molecular formula is C21H25F2NO5. The maximum absolute atomic E-state index is 12.8. The van der Waals surface area contributed by atoms with E-state index in [4.69, 9.17) is 14.2 Å². The molecule has 0 atom stereocenters. The Labute approximate surface area is 168 Å². The topological polar surface area (TPSA) is 57.2 Å². The molecule has 2 aromatic rings. The van der Waals surface area contributed by atoms with Gasteiger partial charge in [0.1, 0.15) is 0 Å². The molecule has 0 aliphatic heterocycles. The van der Waals surface area contributed by atoms with Crippen LogP contribution in [0.5, 0.6) is 23.0 Å². The predicted octanol–water partition coefficient (Wildman–Crippen LogP) is 4.37. The quantitative estimate of drug-likeness (QED) is 0.583. The van der Waals surface area contributed by atoms with Gasteiger partial charge in [0.25, 0.3) is 5.91 Å². The molecule has 6 nitrogen and oxygen atoms in total. The molecule has 0 aliphatic rings. The van der Waals surface area contributed by atoms with Gasteiger partial charge >= 0.3 is 6.61 Å². The van der Waals surface area contributed by atoms with E-state index in [9.17, 15) is 13.6 Å². The molecule has 0 heterocycles. The van der Waals surface area contributed by atoms with E-state index in [1.807, 2.05) is 13.8 Å². The zero-order valence-corrected chi connectivity index (χ0v) is 16.9. The Hall–Kier alpha value is -3.03. The van der Waals surface area contributed by atoms with Crippen molar-refractivity contribution in [3.8, 4) is 23.0 Å². The van der Waals surface area contributed by atoms with E-state index < -0.39 is 6.61 Å². The Balaban J connectivity index is 2.17. The van der Waals surface area contributed by atoms with Crippen LogP contribution in [-0.2, 0) is 6.54 Å². The standard InChI is InChI=1S/C21H25F2NO5/c1-5-27-16-10-8-15(12-19(16)28-6-2)20(25)24(3)13-14-7-9-17(29-21(22)23)18(11-14)26-4/h7-12,21H,5-6,13H2,1-4H3. The van der Waals surface area contributed by atoms with Gasteiger partial charge in [-0.3, -0.25) is 4.79 Å². The second-order valence-corrected chi connectivity index (χ2v) is 6.05. The number of halogens is 2. The number of carbonyl (C=O) groups excluding carboxylic acids is 1. The van der Waals surface area contributed by atoms with Gasteiger partial charge in [-0.15, -0.1) is 0 Å². The van der Waals surface area contributed by atoms with Crippen LogP contribution in [-0.4, -0.2) is 44.8 Å². The average Bonchev–Trinajstić information content (AvgIpc) is 2.69. The molecule has 8 heteroatoms. The lowest BCUT2D eigenvalue weighted by molar-refractivity contribution is -0.0512. The first-order valence-electron chi connectivity index (χ1n) is 9.16. The van der Waals surface area contributed by atoms with Crippen LogP contribution in [0.25, 0.3) is 0 Å². The molecule has 0 radical (unpaired) electrons. The molecule has 0 N–H and O–H groups in total. The molecule has 0 aliphatic carbocycles. The molecule has 1 amide bonds.